The van der Waals surface area contributed by atoms with Crippen molar-refractivity contribution in [3.8, 4) is 5.88 Å². The summed E-state index contributed by atoms with van der Waals surface area (Å²) in [5.74, 6) is -0.101. The maximum absolute atomic E-state index is 12.6. The first kappa shape index (κ1) is 28.6. The number of aliphatic hydroxyl groups is 1. The highest BCUT2D eigenvalue weighted by molar-refractivity contribution is 5.92. The number of benzene rings is 1. The molecule has 10 nitrogen and oxygen atoms in total. The van der Waals surface area contributed by atoms with E-state index in [0.717, 1.165) is 0 Å². The van der Waals surface area contributed by atoms with Crippen molar-refractivity contribution >= 4 is 36.8 Å². The number of aromatic nitrogens is 2. The lowest BCUT2D eigenvalue weighted by atomic mass is 9.93. The SMILES string of the molecule is COC(=O)N1CCC(Oc2cc(C(=O)NCC(O)[C@@H]3Cc4ccccc4CN3)ncn2)CC1.Cl.Cl. The van der Waals surface area contributed by atoms with E-state index in [1.54, 1.807) is 4.90 Å². The van der Waals surface area contributed by atoms with Gasteiger partial charge in [-0.25, -0.2) is 14.8 Å². The van der Waals surface area contributed by atoms with Gasteiger partial charge in [0.15, 0.2) is 0 Å². The van der Waals surface area contributed by atoms with Gasteiger partial charge < -0.3 is 30.1 Å². The molecular weight excluding hydrogens is 497 g/mol. The molecule has 1 unspecified atom stereocenters. The molecule has 1 fully saturated rings. The molecule has 2 aliphatic heterocycles. The van der Waals surface area contributed by atoms with E-state index in [4.69, 9.17) is 9.47 Å². The molecule has 35 heavy (non-hydrogen) atoms. The minimum absolute atomic E-state index is 0. The summed E-state index contributed by atoms with van der Waals surface area (Å²) in [5.41, 5.74) is 2.61. The maximum atomic E-state index is 12.6. The zero-order valence-electron chi connectivity index (χ0n) is 19.4. The van der Waals surface area contributed by atoms with Crippen molar-refractivity contribution in [3.63, 3.8) is 0 Å². The summed E-state index contributed by atoms with van der Waals surface area (Å²) in [6.45, 7) is 1.86. The number of carbonyl (C=O) groups excluding carboxylic acids is 2. The average Bonchev–Trinajstić information content (AvgIpc) is 2.87. The topological polar surface area (TPSA) is 126 Å². The molecule has 1 saturated heterocycles. The van der Waals surface area contributed by atoms with Gasteiger partial charge in [0.25, 0.3) is 5.91 Å². The number of hydrogen-bond donors (Lipinski definition) is 3. The number of aliphatic hydroxyl groups excluding tert-OH is 1. The Balaban J connectivity index is 0.00000216. The number of fused-ring (bicyclic) bond motifs is 1. The van der Waals surface area contributed by atoms with E-state index in [0.29, 0.717) is 44.8 Å². The summed E-state index contributed by atoms with van der Waals surface area (Å²) in [4.78, 5) is 33.9. The Hall–Kier alpha value is -2.66. The molecule has 2 aliphatic rings. The van der Waals surface area contributed by atoms with E-state index in [-0.39, 0.29) is 55.3 Å². The fourth-order valence-electron chi connectivity index (χ4n) is 4.17. The van der Waals surface area contributed by atoms with Crippen LogP contribution < -0.4 is 15.4 Å². The van der Waals surface area contributed by atoms with Gasteiger partial charge in [-0.05, 0) is 17.5 Å². The highest BCUT2D eigenvalue weighted by Gasteiger charge is 2.26. The van der Waals surface area contributed by atoms with Crippen LogP contribution in [-0.2, 0) is 17.7 Å². The third kappa shape index (κ3) is 7.41. The predicted octanol–water partition coefficient (Wildman–Crippen LogP) is 1.73. The molecule has 4 rings (SSSR count). The van der Waals surface area contributed by atoms with E-state index in [1.807, 2.05) is 12.1 Å². The Morgan fingerprint density at radius 3 is 2.63 bits per heavy atom. The molecule has 0 saturated carbocycles. The van der Waals surface area contributed by atoms with Crippen LogP contribution in [0.4, 0.5) is 4.79 Å². The van der Waals surface area contributed by atoms with Crippen LogP contribution in [0, 0.1) is 0 Å². The molecule has 1 aromatic carbocycles. The molecule has 0 radical (unpaired) electrons. The molecule has 3 heterocycles. The second-order valence-corrected chi connectivity index (χ2v) is 8.25. The van der Waals surface area contributed by atoms with Gasteiger partial charge in [0.1, 0.15) is 18.1 Å². The van der Waals surface area contributed by atoms with Gasteiger partial charge in [0.2, 0.25) is 5.88 Å². The van der Waals surface area contributed by atoms with Gasteiger partial charge in [-0.2, -0.15) is 0 Å². The summed E-state index contributed by atoms with van der Waals surface area (Å²) in [6.07, 6.45) is 2.08. The fraction of sp³-hybridized carbons (Fsp3) is 0.478. The van der Waals surface area contributed by atoms with Gasteiger partial charge in [-0.3, -0.25) is 4.79 Å². The number of nitrogens with one attached hydrogen (secondary N) is 2. The summed E-state index contributed by atoms with van der Waals surface area (Å²) >= 11 is 0. The molecule has 2 atom stereocenters. The van der Waals surface area contributed by atoms with Gasteiger partial charge in [0.05, 0.1) is 13.2 Å². The third-order valence-corrected chi connectivity index (χ3v) is 6.09. The highest BCUT2D eigenvalue weighted by atomic mass is 35.5. The van der Waals surface area contributed by atoms with Crippen LogP contribution in [0.2, 0.25) is 0 Å². The molecule has 0 aliphatic carbocycles. The van der Waals surface area contributed by atoms with E-state index in [2.05, 4.69) is 32.7 Å². The largest absolute Gasteiger partial charge is 0.474 e. The van der Waals surface area contributed by atoms with Crippen LogP contribution in [0.3, 0.4) is 0 Å². The van der Waals surface area contributed by atoms with Crippen molar-refractivity contribution in [2.45, 2.75) is 44.1 Å². The van der Waals surface area contributed by atoms with Crippen molar-refractivity contribution < 1.29 is 24.2 Å². The van der Waals surface area contributed by atoms with Crippen molar-refractivity contribution in [2.75, 3.05) is 26.7 Å². The van der Waals surface area contributed by atoms with E-state index in [1.165, 1.54) is 30.6 Å². The van der Waals surface area contributed by atoms with Crippen molar-refractivity contribution in [1.82, 2.24) is 25.5 Å². The number of carbonyl (C=O) groups is 2. The quantitative estimate of drug-likeness (QED) is 0.518. The Bertz CT molecular complexity index is 990. The average molecular weight is 528 g/mol. The number of nitrogens with zero attached hydrogens (tertiary/aromatic N) is 3. The van der Waals surface area contributed by atoms with E-state index < -0.39 is 12.0 Å². The minimum Gasteiger partial charge on any atom is -0.474 e. The molecule has 0 spiro atoms. The number of hydrogen-bond acceptors (Lipinski definition) is 8. The summed E-state index contributed by atoms with van der Waals surface area (Å²) in [7, 11) is 1.36. The molecular formula is C23H31Cl2N5O5. The number of likely N-dealkylation sites (tertiary alicyclic amines) is 1. The van der Waals surface area contributed by atoms with Crippen LogP contribution in [0.15, 0.2) is 36.7 Å². The molecule has 192 valence electrons. The molecule has 0 bridgehead atoms. The Morgan fingerprint density at radius 1 is 1.20 bits per heavy atom. The van der Waals surface area contributed by atoms with E-state index in [9.17, 15) is 14.7 Å². The molecule has 2 aromatic rings. The summed E-state index contributed by atoms with van der Waals surface area (Å²) in [6, 6.07) is 9.49. The highest BCUT2D eigenvalue weighted by Crippen LogP contribution is 2.19. The first-order chi connectivity index (χ1) is 16.0. The summed E-state index contributed by atoms with van der Waals surface area (Å²) < 4.78 is 10.6. The monoisotopic (exact) mass is 527 g/mol. The smallest absolute Gasteiger partial charge is 0.409 e. The lowest BCUT2D eigenvalue weighted by molar-refractivity contribution is 0.0766. The molecule has 2 amide bonds. The molecule has 1 aromatic heterocycles. The molecule has 12 heteroatoms. The Kier molecular flexibility index (Phi) is 11.0. The minimum atomic E-state index is -0.736. The van der Waals surface area contributed by atoms with Crippen molar-refractivity contribution in [3.05, 3.63) is 53.5 Å². The number of rotatable bonds is 6. The van der Waals surface area contributed by atoms with Crippen LogP contribution in [0.1, 0.15) is 34.5 Å². The van der Waals surface area contributed by atoms with Crippen LogP contribution in [0.5, 0.6) is 5.88 Å². The fourth-order valence-corrected chi connectivity index (χ4v) is 4.17. The standard InChI is InChI=1S/C23H29N5O5.2ClH/c1-32-23(31)28-8-6-17(7-9-28)33-21-11-19(26-14-27-21)22(30)25-13-20(29)18-10-15-4-2-3-5-16(15)12-24-18;;/h2-5,11,14,17-18,20,24,29H,6-10,12-13H2,1H3,(H,25,30);2*1H/t18-,20?;;/m0../s1. The number of piperidine rings is 1. The first-order valence-corrected chi connectivity index (χ1v) is 11.1. The number of ether oxygens (including phenoxy) is 2. The van der Waals surface area contributed by atoms with Crippen molar-refractivity contribution in [2.24, 2.45) is 0 Å². The van der Waals surface area contributed by atoms with Crippen LogP contribution in [-0.4, -0.2) is 77.0 Å². The Labute approximate surface area is 216 Å². The Morgan fingerprint density at radius 2 is 1.91 bits per heavy atom. The second-order valence-electron chi connectivity index (χ2n) is 8.25. The lowest BCUT2D eigenvalue weighted by Gasteiger charge is -2.30. The first-order valence-electron chi connectivity index (χ1n) is 11.1. The number of halogens is 2. The zero-order chi connectivity index (χ0) is 23.2. The van der Waals surface area contributed by atoms with Gasteiger partial charge in [-0.15, -0.1) is 24.8 Å². The maximum Gasteiger partial charge on any atom is 0.409 e. The predicted molar refractivity (Wildman–Crippen MR) is 133 cm³/mol. The lowest BCUT2D eigenvalue weighted by Crippen LogP contribution is -2.49. The molecule has 3 N–H and O–H groups in total. The van der Waals surface area contributed by atoms with Gasteiger partial charge in [-0.1, -0.05) is 24.3 Å². The van der Waals surface area contributed by atoms with Crippen LogP contribution >= 0.6 is 24.8 Å². The normalized spacial score (nSPS) is 18.2. The number of amides is 2. The van der Waals surface area contributed by atoms with E-state index >= 15 is 0 Å². The number of methoxy groups -OCH3 is 1. The van der Waals surface area contributed by atoms with Gasteiger partial charge in [0, 0.05) is 51.1 Å². The summed E-state index contributed by atoms with van der Waals surface area (Å²) in [5, 5.41) is 16.6. The van der Waals surface area contributed by atoms with Crippen molar-refractivity contribution in [1.29, 1.82) is 0 Å². The zero-order valence-corrected chi connectivity index (χ0v) is 21.0. The van der Waals surface area contributed by atoms with Crippen LogP contribution in [0.25, 0.3) is 0 Å². The second kappa shape index (κ2) is 13.4. The van der Waals surface area contributed by atoms with Gasteiger partial charge >= 0.3 is 6.09 Å². The third-order valence-electron chi connectivity index (χ3n) is 6.09.